The molecule has 0 aliphatic rings. The number of halogens is 5. The van der Waals surface area contributed by atoms with Crippen molar-refractivity contribution in [3.63, 3.8) is 0 Å². The highest BCUT2D eigenvalue weighted by Gasteiger charge is 2.35. The third-order valence-corrected chi connectivity index (χ3v) is 6.90. The van der Waals surface area contributed by atoms with Crippen LogP contribution in [-0.4, -0.2) is 42.5 Å². The molecule has 212 valence electrons. The fourth-order valence-corrected chi connectivity index (χ4v) is 4.81. The molecular formula is C26H20Cl2F3N7O3. The van der Waals surface area contributed by atoms with Crippen molar-refractivity contribution in [3.8, 4) is 22.6 Å². The maximum Gasteiger partial charge on any atom is 0.436 e. The zero-order chi connectivity index (χ0) is 29.5. The van der Waals surface area contributed by atoms with Crippen LogP contribution in [0.1, 0.15) is 25.1 Å². The maximum absolute atomic E-state index is 13.4. The van der Waals surface area contributed by atoms with Crippen molar-refractivity contribution in [3.05, 3.63) is 81.3 Å². The molecule has 5 aromatic rings. The summed E-state index contributed by atoms with van der Waals surface area (Å²) in [7, 11) is 1.36. The van der Waals surface area contributed by atoms with Gasteiger partial charge >= 0.3 is 6.18 Å². The van der Waals surface area contributed by atoms with E-state index in [1.165, 1.54) is 48.3 Å². The predicted molar refractivity (Wildman–Crippen MR) is 147 cm³/mol. The summed E-state index contributed by atoms with van der Waals surface area (Å²) >= 11 is 12.3. The van der Waals surface area contributed by atoms with E-state index in [0.29, 0.717) is 16.6 Å². The van der Waals surface area contributed by atoms with Gasteiger partial charge in [0.05, 0.1) is 36.4 Å². The van der Waals surface area contributed by atoms with Crippen molar-refractivity contribution in [2.75, 3.05) is 12.4 Å². The number of methoxy groups -OCH3 is 1. The molecule has 0 saturated carbocycles. The molecule has 0 bridgehead atoms. The second kappa shape index (κ2) is 10.9. The lowest BCUT2D eigenvalue weighted by molar-refractivity contribution is -0.141. The summed E-state index contributed by atoms with van der Waals surface area (Å²) in [6.45, 7) is 1.74. The second-order valence-corrected chi connectivity index (χ2v) is 9.64. The van der Waals surface area contributed by atoms with Crippen LogP contribution in [0.4, 0.5) is 18.9 Å². The second-order valence-electron chi connectivity index (χ2n) is 8.85. The van der Waals surface area contributed by atoms with Crippen LogP contribution in [-0.2, 0) is 11.0 Å². The molecule has 4 heterocycles. The molecule has 1 atom stereocenters. The van der Waals surface area contributed by atoms with Gasteiger partial charge in [0.25, 0.3) is 5.56 Å². The summed E-state index contributed by atoms with van der Waals surface area (Å²) in [6, 6.07) is 6.36. The number of aromatic nitrogens is 6. The van der Waals surface area contributed by atoms with Crippen LogP contribution in [0.3, 0.4) is 0 Å². The highest BCUT2D eigenvalue weighted by molar-refractivity contribution is 6.34. The molecule has 5 rings (SSSR count). The van der Waals surface area contributed by atoms with Crippen molar-refractivity contribution in [2.24, 2.45) is 0 Å². The molecular weight excluding hydrogens is 586 g/mol. The molecule has 1 aromatic carbocycles. The minimum absolute atomic E-state index is 0.167. The number of anilines is 1. The van der Waals surface area contributed by atoms with Gasteiger partial charge < -0.3 is 15.0 Å². The molecule has 10 nitrogen and oxygen atoms in total. The summed E-state index contributed by atoms with van der Waals surface area (Å²) in [5, 5.41) is 10.8. The van der Waals surface area contributed by atoms with Gasteiger partial charge in [-0.25, -0.2) is 9.67 Å². The lowest BCUT2D eigenvalue weighted by Gasteiger charge is -2.20. The lowest BCUT2D eigenvalue weighted by Crippen LogP contribution is -2.32. The van der Waals surface area contributed by atoms with Gasteiger partial charge in [0.15, 0.2) is 10.8 Å². The van der Waals surface area contributed by atoms with Crippen LogP contribution in [0.15, 0.2) is 59.9 Å². The molecule has 0 radical (unpaired) electrons. The monoisotopic (exact) mass is 605 g/mol. The van der Waals surface area contributed by atoms with Crippen molar-refractivity contribution < 1.29 is 22.7 Å². The minimum Gasteiger partial charge on any atom is -0.495 e. The van der Waals surface area contributed by atoms with E-state index in [2.05, 4.69) is 25.6 Å². The van der Waals surface area contributed by atoms with Crippen LogP contribution in [0.5, 0.6) is 5.75 Å². The van der Waals surface area contributed by atoms with E-state index >= 15 is 0 Å². The largest absolute Gasteiger partial charge is 0.495 e. The van der Waals surface area contributed by atoms with Gasteiger partial charge in [-0.15, -0.1) is 5.10 Å². The smallest absolute Gasteiger partial charge is 0.436 e. The summed E-state index contributed by atoms with van der Waals surface area (Å²) in [5.74, 6) is -0.301. The number of alkyl halides is 3. The number of H-pyrrole nitrogens is 1. The number of nitrogens with zero attached hydrogens (tertiary/aromatic N) is 5. The van der Waals surface area contributed by atoms with Gasteiger partial charge in [0, 0.05) is 40.0 Å². The number of aromatic amines is 1. The number of nitrogens with one attached hydrogen (secondary N) is 2. The quantitative estimate of drug-likeness (QED) is 0.223. The van der Waals surface area contributed by atoms with E-state index in [1.54, 1.807) is 19.2 Å². The standard InChI is InChI=1S/C26H20Cl2F3N7O3/c1-3-18(25(40)34-17-10-33-23-14(17)6-7-32-24(23)28)37-11-20(41-2)16(9-22(37)39)15-8-13(27)4-5-19(15)38-12-21(35-36-38)26(29,30)31/h4-12,18,33H,3H2,1-2H3,(H,34,40). The lowest BCUT2D eigenvalue weighted by atomic mass is 10.0. The third kappa shape index (κ3) is 5.37. The average molecular weight is 606 g/mol. The average Bonchev–Trinajstić information content (AvgIpc) is 3.59. The predicted octanol–water partition coefficient (Wildman–Crippen LogP) is 5.90. The van der Waals surface area contributed by atoms with Gasteiger partial charge in [-0.3, -0.25) is 14.2 Å². The number of ether oxygens (including phenoxy) is 1. The number of hydrogen-bond acceptors (Lipinski definition) is 6. The Labute approximate surface area is 239 Å². The Kier molecular flexibility index (Phi) is 7.49. The molecule has 41 heavy (non-hydrogen) atoms. The van der Waals surface area contributed by atoms with Gasteiger partial charge in [-0.2, -0.15) is 13.2 Å². The van der Waals surface area contributed by atoms with E-state index in [4.69, 9.17) is 27.9 Å². The Bertz CT molecular complexity index is 1830. The number of carbonyl (C=O) groups excluding carboxylic acids is 1. The molecule has 4 aromatic heterocycles. The number of carbonyl (C=O) groups is 1. The van der Waals surface area contributed by atoms with Crippen LogP contribution >= 0.6 is 23.2 Å². The van der Waals surface area contributed by atoms with Crippen molar-refractivity contribution in [1.82, 2.24) is 29.5 Å². The molecule has 0 aliphatic carbocycles. The van der Waals surface area contributed by atoms with E-state index in [1.807, 2.05) is 0 Å². The third-order valence-electron chi connectivity index (χ3n) is 6.38. The fourth-order valence-electron chi connectivity index (χ4n) is 4.43. The fraction of sp³-hybridized carbons (Fsp3) is 0.192. The van der Waals surface area contributed by atoms with E-state index in [9.17, 15) is 22.8 Å². The molecule has 0 fully saturated rings. The number of amides is 1. The molecule has 1 unspecified atom stereocenters. The van der Waals surface area contributed by atoms with Crippen molar-refractivity contribution >= 4 is 45.7 Å². The zero-order valence-corrected chi connectivity index (χ0v) is 22.8. The van der Waals surface area contributed by atoms with Gasteiger partial charge in [-0.05, 0) is 30.7 Å². The van der Waals surface area contributed by atoms with Crippen LogP contribution < -0.4 is 15.6 Å². The van der Waals surface area contributed by atoms with Crippen LogP contribution in [0.25, 0.3) is 27.7 Å². The first kappa shape index (κ1) is 28.2. The summed E-state index contributed by atoms with van der Waals surface area (Å²) in [4.78, 5) is 33.7. The number of benzene rings is 1. The summed E-state index contributed by atoms with van der Waals surface area (Å²) in [5.41, 5.74) is -0.0824. The van der Waals surface area contributed by atoms with E-state index < -0.39 is 29.4 Å². The molecule has 0 saturated heterocycles. The Morgan fingerprint density at radius 1 is 1.17 bits per heavy atom. The molecule has 0 spiro atoms. The highest BCUT2D eigenvalue weighted by atomic mass is 35.5. The molecule has 1 amide bonds. The molecule has 2 N–H and O–H groups in total. The first-order valence-corrected chi connectivity index (χ1v) is 12.8. The topological polar surface area (TPSA) is 120 Å². The first-order chi connectivity index (χ1) is 19.5. The van der Waals surface area contributed by atoms with Crippen LogP contribution in [0.2, 0.25) is 10.2 Å². The van der Waals surface area contributed by atoms with Gasteiger partial charge in [0.2, 0.25) is 5.91 Å². The van der Waals surface area contributed by atoms with Crippen molar-refractivity contribution in [1.29, 1.82) is 0 Å². The molecule has 0 aliphatic heterocycles. The first-order valence-electron chi connectivity index (χ1n) is 12.0. The SMILES string of the molecule is CCC(C(=O)Nc1c[nH]c2c(Cl)nccc12)n1cc(OC)c(-c2cc(Cl)ccc2-n2cc(C(F)(F)F)nn2)cc1=O. The number of pyridine rings is 2. The molecule has 15 heteroatoms. The number of rotatable bonds is 7. The minimum atomic E-state index is -4.70. The number of hydrogen-bond donors (Lipinski definition) is 2. The normalized spacial score (nSPS) is 12.5. The summed E-state index contributed by atoms with van der Waals surface area (Å²) in [6.07, 6.45) is 0.729. The Hall–Kier alpha value is -4.36. The maximum atomic E-state index is 13.4. The van der Waals surface area contributed by atoms with E-state index in [-0.39, 0.29) is 39.2 Å². The Balaban J connectivity index is 1.54. The van der Waals surface area contributed by atoms with Gasteiger partial charge in [0.1, 0.15) is 11.8 Å². The Morgan fingerprint density at radius 3 is 2.63 bits per heavy atom. The Morgan fingerprint density at radius 2 is 1.95 bits per heavy atom. The highest BCUT2D eigenvalue weighted by Crippen LogP contribution is 2.36. The van der Waals surface area contributed by atoms with Crippen molar-refractivity contribution in [2.45, 2.75) is 25.6 Å². The number of fused-ring (bicyclic) bond motifs is 1. The zero-order valence-electron chi connectivity index (χ0n) is 21.3. The van der Waals surface area contributed by atoms with Crippen LogP contribution in [0, 0.1) is 0 Å². The van der Waals surface area contributed by atoms with E-state index in [0.717, 1.165) is 10.9 Å². The van der Waals surface area contributed by atoms with Gasteiger partial charge in [-0.1, -0.05) is 35.3 Å². The summed E-state index contributed by atoms with van der Waals surface area (Å²) < 4.78 is 47.2.